The lowest BCUT2D eigenvalue weighted by atomic mass is 10.1. The molecule has 0 aliphatic carbocycles. The molecule has 1 amide bonds. The van der Waals surface area contributed by atoms with E-state index in [0.717, 1.165) is 12.0 Å². The lowest BCUT2D eigenvalue weighted by Gasteiger charge is -2.13. The van der Waals surface area contributed by atoms with E-state index >= 15 is 0 Å². The summed E-state index contributed by atoms with van der Waals surface area (Å²) >= 11 is 0. The summed E-state index contributed by atoms with van der Waals surface area (Å²) in [4.78, 5) is 12.5. The Balaban J connectivity index is 1.78. The van der Waals surface area contributed by atoms with E-state index in [0.29, 0.717) is 5.69 Å². The van der Waals surface area contributed by atoms with Gasteiger partial charge in [0.25, 0.3) is 5.91 Å². The van der Waals surface area contributed by atoms with Gasteiger partial charge in [0.1, 0.15) is 0 Å². The molecular weight excluding hydrogens is 400 g/mol. The van der Waals surface area contributed by atoms with Gasteiger partial charge in [-0.15, -0.1) is 0 Å². The first-order valence-corrected chi connectivity index (χ1v) is 12.2. The lowest BCUT2D eigenvalue weighted by molar-refractivity contribution is 0.102. The third-order valence-corrected chi connectivity index (χ3v) is 7.89. The minimum absolute atomic E-state index is 0.0283. The topological polar surface area (TPSA) is 109 Å². The van der Waals surface area contributed by atoms with Gasteiger partial charge in [-0.2, -0.15) is 0 Å². The molecule has 0 aromatic heterocycles. The Bertz CT molecular complexity index is 1090. The van der Waals surface area contributed by atoms with Crippen molar-refractivity contribution in [1.29, 1.82) is 0 Å². The summed E-state index contributed by atoms with van der Waals surface area (Å²) in [6.07, 6.45) is 0.995. The number of rotatable bonds is 6. The van der Waals surface area contributed by atoms with E-state index in [1.165, 1.54) is 24.3 Å². The number of anilines is 1. The molecule has 2 aromatic rings. The van der Waals surface area contributed by atoms with Crippen molar-refractivity contribution in [2.24, 2.45) is 0 Å². The second-order valence-corrected chi connectivity index (χ2v) is 10.7. The third kappa shape index (κ3) is 4.78. The molecule has 2 aromatic carbocycles. The fourth-order valence-electron chi connectivity index (χ4n) is 3.12. The van der Waals surface area contributed by atoms with Crippen LogP contribution < -0.4 is 10.0 Å². The standard InChI is InChI=1S/C19H22N2O5S2/c1-2-14-6-3-4-9-18(14)20-19(22)15-7-5-8-17(12-15)28(25,26)21-16-10-11-27(23,24)13-16/h3-9,12,16,21H,2,10-11,13H2,1H3,(H,20,22). The van der Waals surface area contributed by atoms with Crippen molar-refractivity contribution in [3.05, 3.63) is 59.7 Å². The number of para-hydroxylation sites is 1. The molecular formula is C19H22N2O5S2. The normalized spacial score (nSPS) is 18.7. The maximum absolute atomic E-state index is 12.6. The summed E-state index contributed by atoms with van der Waals surface area (Å²) < 4.78 is 50.7. The van der Waals surface area contributed by atoms with Crippen molar-refractivity contribution in [2.75, 3.05) is 16.8 Å². The van der Waals surface area contributed by atoms with E-state index in [9.17, 15) is 21.6 Å². The molecule has 0 bridgehead atoms. The lowest BCUT2D eigenvalue weighted by Crippen LogP contribution is -2.35. The van der Waals surface area contributed by atoms with Crippen molar-refractivity contribution in [1.82, 2.24) is 4.72 Å². The predicted molar refractivity (Wildman–Crippen MR) is 108 cm³/mol. The average Bonchev–Trinajstić information content (AvgIpc) is 3.00. The number of aryl methyl sites for hydroxylation is 1. The third-order valence-electron chi connectivity index (χ3n) is 4.61. The zero-order valence-corrected chi connectivity index (χ0v) is 17.0. The first-order valence-electron chi connectivity index (χ1n) is 8.92. The Morgan fingerprint density at radius 2 is 1.89 bits per heavy atom. The number of sulfonamides is 1. The zero-order valence-electron chi connectivity index (χ0n) is 15.4. The number of benzene rings is 2. The van der Waals surface area contributed by atoms with Crippen LogP contribution >= 0.6 is 0 Å². The van der Waals surface area contributed by atoms with Gasteiger partial charge < -0.3 is 5.32 Å². The maximum Gasteiger partial charge on any atom is 0.255 e. The van der Waals surface area contributed by atoms with E-state index in [-0.39, 0.29) is 28.4 Å². The summed E-state index contributed by atoms with van der Waals surface area (Å²) in [5.74, 6) is -0.652. The summed E-state index contributed by atoms with van der Waals surface area (Å²) in [6, 6.07) is 12.4. The molecule has 7 nitrogen and oxygen atoms in total. The number of carbonyl (C=O) groups is 1. The number of hydrogen-bond donors (Lipinski definition) is 2. The van der Waals surface area contributed by atoms with Gasteiger partial charge in [-0.3, -0.25) is 4.79 Å². The number of carbonyl (C=O) groups excluding carboxylic acids is 1. The number of amides is 1. The van der Waals surface area contributed by atoms with Crippen LogP contribution in [0.2, 0.25) is 0 Å². The number of nitrogens with one attached hydrogen (secondary N) is 2. The summed E-state index contributed by atoms with van der Waals surface area (Å²) in [5.41, 5.74) is 1.86. The molecule has 1 fully saturated rings. The van der Waals surface area contributed by atoms with Gasteiger partial charge in [0.05, 0.1) is 16.4 Å². The van der Waals surface area contributed by atoms with Crippen molar-refractivity contribution >= 4 is 31.5 Å². The van der Waals surface area contributed by atoms with Crippen LogP contribution in [0.15, 0.2) is 53.4 Å². The largest absolute Gasteiger partial charge is 0.322 e. The van der Waals surface area contributed by atoms with Crippen LogP contribution in [-0.2, 0) is 26.3 Å². The first kappa shape index (κ1) is 20.5. The van der Waals surface area contributed by atoms with Crippen LogP contribution in [-0.4, -0.2) is 40.3 Å². The molecule has 1 heterocycles. The van der Waals surface area contributed by atoms with E-state index in [2.05, 4.69) is 10.0 Å². The summed E-state index contributed by atoms with van der Waals surface area (Å²) in [5, 5.41) is 2.81. The molecule has 1 unspecified atom stereocenters. The molecule has 9 heteroatoms. The highest BCUT2D eigenvalue weighted by Gasteiger charge is 2.31. The van der Waals surface area contributed by atoms with Gasteiger partial charge in [0.2, 0.25) is 10.0 Å². The van der Waals surface area contributed by atoms with Gasteiger partial charge >= 0.3 is 0 Å². The molecule has 0 saturated carbocycles. The molecule has 0 radical (unpaired) electrons. The Morgan fingerprint density at radius 1 is 1.14 bits per heavy atom. The second-order valence-electron chi connectivity index (χ2n) is 6.71. The highest BCUT2D eigenvalue weighted by Crippen LogP contribution is 2.19. The van der Waals surface area contributed by atoms with Crippen molar-refractivity contribution in [3.8, 4) is 0 Å². The molecule has 1 aliphatic heterocycles. The Morgan fingerprint density at radius 3 is 2.57 bits per heavy atom. The second kappa shape index (κ2) is 8.02. The minimum atomic E-state index is -3.93. The van der Waals surface area contributed by atoms with E-state index in [1.54, 1.807) is 6.07 Å². The first-order chi connectivity index (χ1) is 13.2. The van der Waals surface area contributed by atoms with Crippen LogP contribution in [0.3, 0.4) is 0 Å². The summed E-state index contributed by atoms with van der Waals surface area (Å²) in [6.45, 7) is 1.98. The van der Waals surface area contributed by atoms with Crippen LogP contribution in [0.4, 0.5) is 5.69 Å². The minimum Gasteiger partial charge on any atom is -0.322 e. The zero-order chi connectivity index (χ0) is 20.4. The van der Waals surface area contributed by atoms with Gasteiger partial charge in [0, 0.05) is 17.3 Å². The monoisotopic (exact) mass is 422 g/mol. The number of sulfone groups is 1. The van der Waals surface area contributed by atoms with Gasteiger partial charge in [-0.25, -0.2) is 21.6 Å². The van der Waals surface area contributed by atoms with E-state index in [1.807, 2.05) is 25.1 Å². The SMILES string of the molecule is CCc1ccccc1NC(=O)c1cccc(S(=O)(=O)NC2CCS(=O)(=O)C2)c1. The van der Waals surface area contributed by atoms with Crippen molar-refractivity contribution in [3.63, 3.8) is 0 Å². The number of hydrogen-bond acceptors (Lipinski definition) is 5. The Hall–Kier alpha value is -2.23. The van der Waals surface area contributed by atoms with Crippen molar-refractivity contribution in [2.45, 2.75) is 30.7 Å². The smallest absolute Gasteiger partial charge is 0.255 e. The van der Waals surface area contributed by atoms with Gasteiger partial charge in [0.15, 0.2) is 9.84 Å². The maximum atomic E-state index is 12.6. The fraction of sp³-hybridized carbons (Fsp3) is 0.316. The van der Waals surface area contributed by atoms with Crippen LogP contribution in [0.1, 0.15) is 29.3 Å². The van der Waals surface area contributed by atoms with E-state index in [4.69, 9.17) is 0 Å². The molecule has 1 atom stereocenters. The molecule has 0 spiro atoms. The van der Waals surface area contributed by atoms with Crippen LogP contribution in [0.5, 0.6) is 0 Å². The highest BCUT2D eigenvalue weighted by atomic mass is 32.2. The molecule has 1 saturated heterocycles. The Labute approximate surface area is 165 Å². The quantitative estimate of drug-likeness (QED) is 0.740. The highest BCUT2D eigenvalue weighted by molar-refractivity contribution is 7.92. The fourth-order valence-corrected chi connectivity index (χ4v) is 6.22. The molecule has 150 valence electrons. The molecule has 28 heavy (non-hydrogen) atoms. The molecule has 1 aliphatic rings. The molecule has 2 N–H and O–H groups in total. The average molecular weight is 423 g/mol. The predicted octanol–water partition coefficient (Wildman–Crippen LogP) is 1.97. The van der Waals surface area contributed by atoms with Crippen LogP contribution in [0, 0.1) is 0 Å². The van der Waals surface area contributed by atoms with Gasteiger partial charge in [-0.05, 0) is 42.7 Å². The van der Waals surface area contributed by atoms with Crippen molar-refractivity contribution < 1.29 is 21.6 Å². The van der Waals surface area contributed by atoms with Crippen LogP contribution in [0.25, 0.3) is 0 Å². The van der Waals surface area contributed by atoms with Gasteiger partial charge in [-0.1, -0.05) is 31.2 Å². The molecule has 3 rings (SSSR count). The Kier molecular flexibility index (Phi) is 5.87. The van der Waals surface area contributed by atoms with E-state index < -0.39 is 31.8 Å². The summed E-state index contributed by atoms with van der Waals surface area (Å²) in [7, 11) is -7.13.